The van der Waals surface area contributed by atoms with E-state index in [2.05, 4.69) is 36.4 Å². The third-order valence-electron chi connectivity index (χ3n) is 13.5. The predicted molar refractivity (Wildman–Crippen MR) is 225 cm³/mol. The molecule has 3 amide bonds. The van der Waals surface area contributed by atoms with Crippen molar-refractivity contribution in [3.8, 4) is 0 Å². The second-order valence-electron chi connectivity index (χ2n) is 17.1. The molecule has 0 radical (unpaired) electrons. The van der Waals surface area contributed by atoms with Crippen LogP contribution >= 0.6 is 0 Å². The van der Waals surface area contributed by atoms with Crippen LogP contribution in [0.15, 0.2) is 70.5 Å². The first-order valence-electron chi connectivity index (χ1n) is 21.4. The van der Waals surface area contributed by atoms with Gasteiger partial charge in [0.15, 0.2) is 0 Å². The molecule has 5 aliphatic heterocycles. The Kier molecular flexibility index (Phi) is 10.1. The minimum atomic E-state index is -3.70. The van der Waals surface area contributed by atoms with Gasteiger partial charge in [-0.05, 0) is 80.1 Å². The number of amides is 3. The van der Waals surface area contributed by atoms with Gasteiger partial charge in [-0.25, -0.2) is 13.4 Å². The van der Waals surface area contributed by atoms with Crippen molar-refractivity contribution in [3.63, 3.8) is 0 Å². The Balaban J connectivity index is 0.713. The fourth-order valence-corrected chi connectivity index (χ4v) is 11.5. The summed E-state index contributed by atoms with van der Waals surface area (Å²) in [5.41, 5.74) is 4.11. The Hall–Kier alpha value is -5.39. The normalized spacial score (nSPS) is 22.7. The highest BCUT2D eigenvalue weighted by Gasteiger charge is 2.40. The molecule has 0 spiro atoms. The monoisotopic (exact) mass is 834 g/mol. The van der Waals surface area contributed by atoms with Crippen LogP contribution in [0.25, 0.3) is 11.0 Å². The third kappa shape index (κ3) is 7.19. The number of carbonyl (C=O) groups is 3. The van der Waals surface area contributed by atoms with Crippen LogP contribution in [0.2, 0.25) is 0 Å². The molecular weight excluding hydrogens is 785 g/mol. The standard InChI is InChI=1S/C43H50N10O6S/c54-38-12-11-37(41(56)46-38)52-25-29-22-33(9-10-36(29)42(52)57)50-26-34(27-50)49-20-18-48(19-21-49)32-6-3-7-35(23-32)60(58,59)51-16-14-30(15-17-51)45-43-44-24-28-8-13-39(55)53(40(28)47-43)31-4-1-2-5-31/h3,6-10,13,22-24,30-31,34,37H,1-2,4-5,11-12,14-21,25-27H2,(H,44,45,47)(H,46,54,56). The maximum atomic E-state index is 13.9. The summed E-state index contributed by atoms with van der Waals surface area (Å²) < 4.78 is 31.3. The summed E-state index contributed by atoms with van der Waals surface area (Å²) >= 11 is 0. The number of anilines is 3. The first kappa shape index (κ1) is 38.8. The fourth-order valence-electron chi connectivity index (χ4n) is 10.0. The van der Waals surface area contributed by atoms with Crippen molar-refractivity contribution in [3.05, 3.63) is 82.3 Å². The Morgan fingerprint density at radius 1 is 0.767 bits per heavy atom. The van der Waals surface area contributed by atoms with Gasteiger partial charge in [0.2, 0.25) is 27.8 Å². The van der Waals surface area contributed by atoms with Crippen LogP contribution in [0.1, 0.15) is 73.3 Å². The number of nitrogens with zero attached hydrogens (tertiary/aromatic N) is 8. The van der Waals surface area contributed by atoms with E-state index in [1.807, 2.05) is 34.9 Å². The molecule has 314 valence electrons. The minimum Gasteiger partial charge on any atom is -0.369 e. The minimum absolute atomic E-state index is 0.00606. The van der Waals surface area contributed by atoms with Gasteiger partial charge < -0.3 is 20.0 Å². The zero-order valence-electron chi connectivity index (χ0n) is 33.5. The summed E-state index contributed by atoms with van der Waals surface area (Å²) in [4.78, 5) is 68.4. The lowest BCUT2D eigenvalue weighted by Crippen LogP contribution is -2.63. The summed E-state index contributed by atoms with van der Waals surface area (Å²) in [5, 5.41) is 6.62. The average molecular weight is 835 g/mol. The molecule has 1 atom stereocenters. The van der Waals surface area contributed by atoms with Gasteiger partial charge in [0.05, 0.1) is 4.90 Å². The highest BCUT2D eigenvalue weighted by Crippen LogP contribution is 2.34. The molecule has 10 rings (SSSR count). The van der Waals surface area contributed by atoms with Crippen molar-refractivity contribution in [2.75, 3.05) is 67.5 Å². The molecule has 2 aromatic carbocycles. The van der Waals surface area contributed by atoms with Crippen molar-refractivity contribution >= 4 is 56.1 Å². The number of hydrogen-bond donors (Lipinski definition) is 2. The SMILES string of the molecule is O=C1CCC(N2Cc3cc(N4CC(N5CCN(c6cccc(S(=O)(=O)N7CCC(Nc8ncc9ccc(=O)n(C%10CCCC%10)c9n8)CC7)c6)CC5)C4)ccc3C2=O)C(=O)N1. The molecule has 16 nitrogen and oxygen atoms in total. The van der Waals surface area contributed by atoms with Gasteiger partial charge >= 0.3 is 0 Å². The fraction of sp³-hybridized carbons (Fsp3) is 0.488. The maximum Gasteiger partial charge on any atom is 0.255 e. The van der Waals surface area contributed by atoms with Crippen molar-refractivity contribution in [2.45, 2.75) is 87.0 Å². The molecule has 1 saturated carbocycles. The van der Waals surface area contributed by atoms with Crippen molar-refractivity contribution in [1.82, 2.24) is 34.0 Å². The Bertz CT molecular complexity index is 2520. The van der Waals surface area contributed by atoms with Gasteiger partial charge in [0.1, 0.15) is 11.7 Å². The molecule has 60 heavy (non-hydrogen) atoms. The molecule has 1 aliphatic carbocycles. The van der Waals surface area contributed by atoms with Gasteiger partial charge in [0, 0.05) is 118 Å². The lowest BCUT2D eigenvalue weighted by atomic mass is 10.0. The lowest BCUT2D eigenvalue weighted by Gasteiger charge is -2.49. The van der Waals surface area contributed by atoms with Gasteiger partial charge in [-0.2, -0.15) is 9.29 Å². The van der Waals surface area contributed by atoms with Crippen molar-refractivity contribution in [1.29, 1.82) is 0 Å². The number of fused-ring (bicyclic) bond motifs is 2. The first-order valence-corrected chi connectivity index (χ1v) is 22.8. The number of aromatic nitrogens is 3. The highest BCUT2D eigenvalue weighted by molar-refractivity contribution is 7.89. The maximum absolute atomic E-state index is 13.9. The number of benzene rings is 2. The van der Waals surface area contributed by atoms with E-state index < -0.39 is 22.0 Å². The van der Waals surface area contributed by atoms with Crippen LogP contribution in [0.3, 0.4) is 0 Å². The number of imide groups is 1. The van der Waals surface area contributed by atoms with Crippen LogP contribution in [0.5, 0.6) is 0 Å². The molecule has 4 saturated heterocycles. The van der Waals surface area contributed by atoms with E-state index in [0.29, 0.717) is 67.0 Å². The molecule has 17 heteroatoms. The number of pyridine rings is 1. The number of hydrogen-bond acceptors (Lipinski definition) is 12. The first-order chi connectivity index (χ1) is 29.1. The molecule has 1 unspecified atom stereocenters. The smallest absolute Gasteiger partial charge is 0.255 e. The van der Waals surface area contributed by atoms with E-state index in [-0.39, 0.29) is 35.9 Å². The largest absolute Gasteiger partial charge is 0.369 e. The average Bonchev–Trinajstić information content (AvgIpc) is 3.89. The Labute approximate surface area is 348 Å². The van der Waals surface area contributed by atoms with Crippen LogP contribution < -0.4 is 26.0 Å². The zero-order chi connectivity index (χ0) is 41.1. The highest BCUT2D eigenvalue weighted by atomic mass is 32.2. The number of nitrogens with one attached hydrogen (secondary N) is 2. The second-order valence-corrected chi connectivity index (χ2v) is 19.0. The van der Waals surface area contributed by atoms with Crippen LogP contribution in [-0.2, 0) is 26.2 Å². The summed E-state index contributed by atoms with van der Waals surface area (Å²) in [6.07, 6.45) is 7.72. The number of rotatable bonds is 9. The van der Waals surface area contributed by atoms with E-state index in [9.17, 15) is 27.6 Å². The quantitative estimate of drug-likeness (QED) is 0.237. The van der Waals surface area contributed by atoms with Crippen LogP contribution in [0, 0.1) is 0 Å². The van der Waals surface area contributed by atoms with Crippen LogP contribution in [-0.4, -0.2) is 125 Å². The zero-order valence-corrected chi connectivity index (χ0v) is 34.4. The van der Waals surface area contributed by atoms with Crippen molar-refractivity contribution < 1.29 is 22.8 Å². The molecule has 6 aliphatic rings. The summed E-state index contributed by atoms with van der Waals surface area (Å²) in [6, 6.07) is 16.5. The Morgan fingerprint density at radius 3 is 2.30 bits per heavy atom. The number of piperazine rings is 1. The second kappa shape index (κ2) is 15.6. The molecule has 2 aromatic heterocycles. The number of sulfonamides is 1. The summed E-state index contributed by atoms with van der Waals surface area (Å²) in [6.45, 7) is 6.20. The lowest BCUT2D eigenvalue weighted by molar-refractivity contribution is -0.136. The molecule has 2 N–H and O–H groups in total. The molecule has 5 fully saturated rings. The summed E-state index contributed by atoms with van der Waals surface area (Å²) in [5.74, 6) is -0.398. The topological polar surface area (TPSA) is 173 Å². The predicted octanol–water partition coefficient (Wildman–Crippen LogP) is 2.94. The number of carbonyl (C=O) groups excluding carboxylic acids is 3. The third-order valence-corrected chi connectivity index (χ3v) is 15.4. The van der Waals surface area contributed by atoms with E-state index >= 15 is 0 Å². The molecular formula is C43H50N10O6S. The van der Waals surface area contributed by atoms with Gasteiger partial charge in [-0.15, -0.1) is 0 Å². The molecule has 7 heterocycles. The Morgan fingerprint density at radius 2 is 1.53 bits per heavy atom. The van der Waals surface area contributed by atoms with E-state index in [0.717, 1.165) is 87.3 Å². The number of piperidine rings is 2. The van der Waals surface area contributed by atoms with E-state index in [1.165, 1.54) is 0 Å². The van der Waals surface area contributed by atoms with E-state index in [4.69, 9.17) is 4.98 Å². The van der Waals surface area contributed by atoms with Gasteiger partial charge in [0.25, 0.3) is 11.5 Å². The molecule has 4 aromatic rings. The van der Waals surface area contributed by atoms with Crippen molar-refractivity contribution in [2.24, 2.45) is 0 Å². The van der Waals surface area contributed by atoms with Gasteiger partial charge in [-0.1, -0.05) is 18.9 Å². The van der Waals surface area contributed by atoms with E-state index in [1.54, 1.807) is 33.6 Å². The molecule has 0 bridgehead atoms. The van der Waals surface area contributed by atoms with Crippen LogP contribution in [0.4, 0.5) is 17.3 Å². The van der Waals surface area contributed by atoms with Gasteiger partial charge in [-0.3, -0.25) is 34.0 Å². The summed E-state index contributed by atoms with van der Waals surface area (Å²) in [7, 11) is -3.70.